The number of carboxylic acids is 1. The Morgan fingerprint density at radius 2 is 1.93 bits per heavy atom. The van der Waals surface area contributed by atoms with E-state index in [4.69, 9.17) is 9.47 Å². The topological polar surface area (TPSA) is 176 Å². The van der Waals surface area contributed by atoms with Crippen molar-refractivity contribution in [1.82, 2.24) is 25.8 Å². The van der Waals surface area contributed by atoms with E-state index >= 15 is 0 Å². The maximum atomic E-state index is 14.0. The first-order chi connectivity index (χ1) is 21.2. The number of rotatable bonds is 5. The maximum absolute atomic E-state index is 14.0. The van der Waals surface area contributed by atoms with E-state index in [1.54, 1.807) is 27.7 Å². The highest BCUT2D eigenvalue weighted by atomic mass is 19.1. The number of carbonyl (C=O) groups excluding carboxylic acids is 4. The smallest absolute Gasteiger partial charge is 0.408 e. The summed E-state index contributed by atoms with van der Waals surface area (Å²) in [7, 11) is 0. The van der Waals surface area contributed by atoms with E-state index in [0.29, 0.717) is 18.5 Å². The number of fused-ring (bicyclic) bond motifs is 2. The summed E-state index contributed by atoms with van der Waals surface area (Å²) >= 11 is 0. The maximum Gasteiger partial charge on any atom is 0.408 e. The fraction of sp³-hybridized carbons (Fsp3) is 0.613. The van der Waals surface area contributed by atoms with Crippen molar-refractivity contribution in [3.05, 3.63) is 42.0 Å². The summed E-state index contributed by atoms with van der Waals surface area (Å²) < 4.78 is 24.2. The molecule has 3 heterocycles. The van der Waals surface area contributed by atoms with Crippen molar-refractivity contribution in [2.45, 2.75) is 108 Å². The minimum Gasteiger partial charge on any atom is -0.479 e. The van der Waals surface area contributed by atoms with Gasteiger partial charge < -0.3 is 35.4 Å². The zero-order valence-electron chi connectivity index (χ0n) is 26.0. The lowest BCUT2D eigenvalue weighted by Crippen LogP contribution is -2.56. The molecule has 1 saturated carbocycles. The summed E-state index contributed by atoms with van der Waals surface area (Å²) in [5.74, 6) is -3.35. The summed E-state index contributed by atoms with van der Waals surface area (Å²) in [6.07, 6.45) is 5.47. The van der Waals surface area contributed by atoms with Crippen LogP contribution in [0.15, 0.2) is 30.5 Å². The number of aromatic nitrogens is 1. The van der Waals surface area contributed by atoms with Crippen LogP contribution in [-0.4, -0.2) is 80.8 Å². The van der Waals surface area contributed by atoms with Gasteiger partial charge in [0, 0.05) is 12.3 Å². The van der Waals surface area contributed by atoms with Gasteiger partial charge in [-0.15, -0.1) is 0 Å². The van der Waals surface area contributed by atoms with Gasteiger partial charge in [0.05, 0.1) is 24.5 Å². The summed E-state index contributed by atoms with van der Waals surface area (Å²) in [5.41, 5.74) is -1.91. The minimum atomic E-state index is -1.50. The molecule has 0 unspecified atom stereocenters. The van der Waals surface area contributed by atoms with Crippen molar-refractivity contribution in [3.8, 4) is 0 Å². The fourth-order valence-corrected chi connectivity index (χ4v) is 5.68. The zero-order valence-corrected chi connectivity index (χ0v) is 26.0. The Morgan fingerprint density at radius 3 is 2.60 bits per heavy atom. The Kier molecular flexibility index (Phi) is 10.3. The second-order valence-electron chi connectivity index (χ2n) is 12.9. The Bertz CT molecular complexity index is 1320. The van der Waals surface area contributed by atoms with Crippen LogP contribution in [0.2, 0.25) is 0 Å². The molecule has 246 valence electrons. The van der Waals surface area contributed by atoms with Crippen LogP contribution in [0.5, 0.6) is 0 Å². The first kappa shape index (κ1) is 33.7. The quantitative estimate of drug-likeness (QED) is 0.355. The molecular formula is C31H42FN5O8. The molecule has 1 saturated heterocycles. The van der Waals surface area contributed by atoms with Gasteiger partial charge in [-0.3, -0.25) is 14.6 Å². The van der Waals surface area contributed by atoms with Crippen molar-refractivity contribution >= 4 is 30.0 Å². The molecule has 4 amide bonds. The third-order valence-electron chi connectivity index (χ3n) is 8.11. The lowest BCUT2D eigenvalue weighted by atomic mass is 10.0. The normalized spacial score (nSPS) is 28.6. The number of nitrogens with one attached hydrogen (secondary N) is 3. The fourth-order valence-electron chi connectivity index (χ4n) is 5.68. The Hall–Kier alpha value is -4.23. The van der Waals surface area contributed by atoms with Crippen molar-refractivity contribution in [1.29, 1.82) is 0 Å². The van der Waals surface area contributed by atoms with E-state index in [9.17, 15) is 33.5 Å². The van der Waals surface area contributed by atoms with Gasteiger partial charge >= 0.3 is 18.2 Å². The van der Waals surface area contributed by atoms with Crippen molar-refractivity contribution in [2.75, 3.05) is 6.54 Å². The molecule has 1 aromatic rings. The Labute approximate surface area is 261 Å². The van der Waals surface area contributed by atoms with E-state index in [1.807, 2.05) is 12.2 Å². The largest absolute Gasteiger partial charge is 0.479 e. The van der Waals surface area contributed by atoms with E-state index < -0.39 is 77.1 Å². The van der Waals surface area contributed by atoms with Crippen LogP contribution in [0.1, 0.15) is 84.4 Å². The first-order valence-corrected chi connectivity index (χ1v) is 15.3. The molecule has 6 atom stereocenters. The molecule has 0 radical (unpaired) electrons. The molecule has 4 rings (SSSR count). The SMILES string of the molecule is C[C@@H](NC(=O)O[C@@H]1C[C@H]2C(=O)N[C@]3(C(=O)O)C[C@@H]3/C=C\CCCCC[C@H](NC(=O)OC(C)(C)C)C(=O)N2C1)c1ccc(F)cn1. The second kappa shape index (κ2) is 13.8. The van der Waals surface area contributed by atoms with Crippen LogP contribution in [0.4, 0.5) is 14.0 Å². The number of ether oxygens (including phenoxy) is 2. The second-order valence-corrected chi connectivity index (χ2v) is 12.9. The number of halogens is 1. The van der Waals surface area contributed by atoms with Gasteiger partial charge in [-0.25, -0.2) is 18.8 Å². The molecule has 0 aromatic carbocycles. The first-order valence-electron chi connectivity index (χ1n) is 15.3. The van der Waals surface area contributed by atoms with E-state index in [2.05, 4.69) is 20.9 Å². The van der Waals surface area contributed by atoms with Crippen molar-refractivity contribution in [2.24, 2.45) is 5.92 Å². The van der Waals surface area contributed by atoms with Crippen LogP contribution < -0.4 is 16.0 Å². The molecule has 2 aliphatic heterocycles. The van der Waals surface area contributed by atoms with Gasteiger partial charge in [0.1, 0.15) is 35.1 Å². The van der Waals surface area contributed by atoms with Crippen LogP contribution in [0.25, 0.3) is 0 Å². The molecule has 3 aliphatic rings. The van der Waals surface area contributed by atoms with Gasteiger partial charge in [0.25, 0.3) is 0 Å². The van der Waals surface area contributed by atoms with Crippen molar-refractivity contribution in [3.63, 3.8) is 0 Å². The molecule has 1 aromatic heterocycles. The number of nitrogens with zero attached hydrogens (tertiary/aromatic N) is 2. The summed E-state index contributed by atoms with van der Waals surface area (Å²) in [6, 6.07) is -0.195. The van der Waals surface area contributed by atoms with E-state index in [1.165, 1.54) is 17.0 Å². The number of carboxylic acid groups (broad SMARTS) is 1. The van der Waals surface area contributed by atoms with Crippen LogP contribution in [0, 0.1) is 11.7 Å². The molecule has 1 aliphatic carbocycles. The van der Waals surface area contributed by atoms with Gasteiger partial charge in [0.15, 0.2) is 0 Å². The van der Waals surface area contributed by atoms with Gasteiger partial charge in [-0.1, -0.05) is 25.0 Å². The predicted molar refractivity (Wildman–Crippen MR) is 158 cm³/mol. The monoisotopic (exact) mass is 631 g/mol. The molecular weight excluding hydrogens is 589 g/mol. The minimum absolute atomic E-state index is 0.0937. The number of carbonyl (C=O) groups is 5. The Morgan fingerprint density at radius 1 is 1.18 bits per heavy atom. The standard InChI is InChI=1S/C31H42FN5O8/c1-18(22-13-12-20(32)16-33-22)34-28(42)44-21-14-24-25(38)36-31(27(40)41)15-19(31)10-8-6-5-7-9-11-23(26(39)37(24)17-21)35-29(43)45-30(2,3)4/h8,10,12-13,16,18-19,21,23-24H,5-7,9,11,14-15,17H2,1-4H3,(H,34,42)(H,35,43)(H,36,38)(H,40,41)/b10-8-/t18-,19+,21-,23+,24+,31-/m1/s1. The van der Waals surface area contributed by atoms with Crippen molar-refractivity contribution < 1.29 is 42.9 Å². The van der Waals surface area contributed by atoms with E-state index in [0.717, 1.165) is 19.0 Å². The van der Waals surface area contributed by atoms with Gasteiger partial charge in [-0.2, -0.15) is 0 Å². The predicted octanol–water partition coefficient (Wildman–Crippen LogP) is 3.35. The zero-order chi connectivity index (χ0) is 32.9. The molecule has 14 heteroatoms. The lowest BCUT2D eigenvalue weighted by Gasteiger charge is -2.30. The summed E-state index contributed by atoms with van der Waals surface area (Å²) in [4.78, 5) is 70.6. The third kappa shape index (κ3) is 8.70. The van der Waals surface area contributed by atoms with Crippen LogP contribution >= 0.6 is 0 Å². The number of amides is 4. The number of alkyl carbamates (subject to hydrolysis) is 2. The molecule has 2 fully saturated rings. The highest BCUT2D eigenvalue weighted by Gasteiger charge is 2.61. The molecule has 4 N–H and O–H groups in total. The molecule has 0 spiro atoms. The molecule has 13 nitrogen and oxygen atoms in total. The van der Waals surface area contributed by atoms with E-state index in [-0.39, 0.29) is 25.8 Å². The Balaban J connectivity index is 1.55. The molecule has 45 heavy (non-hydrogen) atoms. The summed E-state index contributed by atoms with van der Waals surface area (Å²) in [5, 5.41) is 17.9. The number of aliphatic carboxylic acids is 1. The number of hydrogen-bond donors (Lipinski definition) is 4. The highest BCUT2D eigenvalue weighted by molar-refractivity contribution is 5.96. The number of pyridine rings is 1. The average molecular weight is 632 g/mol. The van der Waals surface area contributed by atoms with Crippen LogP contribution in [0.3, 0.4) is 0 Å². The molecule has 0 bridgehead atoms. The van der Waals surface area contributed by atoms with Gasteiger partial charge in [0.2, 0.25) is 11.8 Å². The number of allylic oxidation sites excluding steroid dienone is 1. The van der Waals surface area contributed by atoms with Gasteiger partial charge in [-0.05, 0) is 65.5 Å². The third-order valence-corrected chi connectivity index (χ3v) is 8.11. The van der Waals surface area contributed by atoms with Crippen LogP contribution in [-0.2, 0) is 23.9 Å². The highest BCUT2D eigenvalue weighted by Crippen LogP contribution is 2.45. The lowest BCUT2D eigenvalue weighted by molar-refractivity contribution is -0.145. The number of hydrogen-bond acceptors (Lipinski definition) is 8. The average Bonchev–Trinajstić information content (AvgIpc) is 3.48. The summed E-state index contributed by atoms with van der Waals surface area (Å²) in [6.45, 7) is 6.56.